The predicted octanol–water partition coefficient (Wildman–Crippen LogP) is 4.94. The first kappa shape index (κ1) is 26.1. The maximum Gasteiger partial charge on any atom is 0.316 e. The standard InChI is InChI=1S/C28H28Br2N2O5/c1-15-10-19(8-9-24(15)32-26(34)20-12-22(29)23(30)13-21(20)27(32)35)37-28(36)18-11-25(33)31(14-18)16(2)17-6-4-3-5-7-17/h3-10,16,18,20-23H,11-14H2,1-2H3/t16-,18-,20-,21-,22+,23+/m1/s1. The Balaban J connectivity index is 1.26. The van der Waals surface area contributed by atoms with E-state index in [1.54, 1.807) is 30.0 Å². The number of carbonyl (C=O) groups is 4. The van der Waals surface area contributed by atoms with Gasteiger partial charge >= 0.3 is 5.97 Å². The number of imide groups is 1. The number of esters is 1. The summed E-state index contributed by atoms with van der Waals surface area (Å²) in [7, 11) is 0. The number of likely N-dealkylation sites (tertiary alicyclic amines) is 1. The van der Waals surface area contributed by atoms with Gasteiger partial charge in [0, 0.05) is 22.6 Å². The molecule has 0 radical (unpaired) electrons. The van der Waals surface area contributed by atoms with Crippen molar-refractivity contribution in [3.05, 3.63) is 59.7 Å². The number of hydrogen-bond donors (Lipinski definition) is 0. The van der Waals surface area contributed by atoms with Gasteiger partial charge in [0.2, 0.25) is 17.7 Å². The maximum absolute atomic E-state index is 13.2. The van der Waals surface area contributed by atoms with Crippen LogP contribution >= 0.6 is 31.9 Å². The van der Waals surface area contributed by atoms with Crippen molar-refractivity contribution in [2.75, 3.05) is 11.4 Å². The average Bonchev–Trinajstić information content (AvgIpc) is 3.37. The van der Waals surface area contributed by atoms with E-state index in [1.165, 1.54) is 4.90 Å². The molecule has 1 aliphatic carbocycles. The summed E-state index contributed by atoms with van der Waals surface area (Å²) in [5.41, 5.74) is 2.19. The molecule has 3 aliphatic rings. The number of amides is 3. The number of carbonyl (C=O) groups excluding carboxylic acids is 4. The first-order chi connectivity index (χ1) is 17.7. The molecular weight excluding hydrogens is 604 g/mol. The zero-order valence-corrected chi connectivity index (χ0v) is 23.8. The van der Waals surface area contributed by atoms with E-state index < -0.39 is 11.9 Å². The van der Waals surface area contributed by atoms with Crippen molar-refractivity contribution < 1.29 is 23.9 Å². The Labute approximate surface area is 232 Å². The molecule has 7 nitrogen and oxygen atoms in total. The highest BCUT2D eigenvalue weighted by molar-refractivity contribution is 9.12. The van der Waals surface area contributed by atoms with Gasteiger partial charge < -0.3 is 9.64 Å². The molecule has 1 saturated carbocycles. The number of hydrogen-bond acceptors (Lipinski definition) is 5. The number of halogens is 2. The molecule has 0 unspecified atom stereocenters. The number of fused-ring (bicyclic) bond motifs is 1. The van der Waals surface area contributed by atoms with E-state index in [1.807, 2.05) is 37.3 Å². The van der Waals surface area contributed by atoms with Crippen LogP contribution in [0.3, 0.4) is 0 Å². The summed E-state index contributed by atoms with van der Waals surface area (Å²) in [5, 5.41) is 0. The fraction of sp³-hybridized carbons (Fsp3) is 0.429. The molecule has 37 heavy (non-hydrogen) atoms. The second kappa shape index (κ2) is 10.3. The Morgan fingerprint density at radius 1 is 0.973 bits per heavy atom. The monoisotopic (exact) mass is 630 g/mol. The minimum Gasteiger partial charge on any atom is -0.426 e. The smallest absolute Gasteiger partial charge is 0.316 e. The normalized spacial score (nSPS) is 28.4. The van der Waals surface area contributed by atoms with Crippen LogP contribution in [0.5, 0.6) is 5.75 Å². The number of alkyl halides is 2. The second-order valence-corrected chi connectivity index (χ2v) is 12.5. The third kappa shape index (κ3) is 4.88. The summed E-state index contributed by atoms with van der Waals surface area (Å²) in [4.78, 5) is 55.2. The molecular formula is C28H28Br2N2O5. The lowest BCUT2D eigenvalue weighted by molar-refractivity contribution is -0.139. The van der Waals surface area contributed by atoms with Gasteiger partial charge in [0.05, 0.1) is 29.5 Å². The molecule has 194 valence electrons. The molecule has 3 fully saturated rings. The Hall–Kier alpha value is -2.52. The average molecular weight is 632 g/mol. The third-order valence-electron chi connectivity index (χ3n) is 7.78. The van der Waals surface area contributed by atoms with Crippen LogP contribution in [-0.4, -0.2) is 44.8 Å². The Bertz CT molecular complexity index is 1220. The van der Waals surface area contributed by atoms with Crippen LogP contribution < -0.4 is 9.64 Å². The van der Waals surface area contributed by atoms with Gasteiger partial charge in [-0.25, -0.2) is 4.90 Å². The van der Waals surface area contributed by atoms with E-state index in [0.717, 1.165) is 5.56 Å². The van der Waals surface area contributed by atoms with Gasteiger partial charge in [0.15, 0.2) is 0 Å². The molecule has 2 saturated heterocycles. The second-order valence-electron chi connectivity index (χ2n) is 10.1. The maximum atomic E-state index is 13.2. The lowest BCUT2D eigenvalue weighted by atomic mass is 9.81. The Kier molecular flexibility index (Phi) is 7.29. The molecule has 0 spiro atoms. The summed E-state index contributed by atoms with van der Waals surface area (Å²) < 4.78 is 5.64. The van der Waals surface area contributed by atoms with Crippen LogP contribution in [0.4, 0.5) is 5.69 Å². The number of rotatable bonds is 5. The third-order valence-corrected chi connectivity index (χ3v) is 10.5. The Morgan fingerprint density at radius 2 is 1.59 bits per heavy atom. The molecule has 2 aromatic carbocycles. The highest BCUT2D eigenvalue weighted by Crippen LogP contribution is 2.45. The lowest BCUT2D eigenvalue weighted by Gasteiger charge is -2.29. The topological polar surface area (TPSA) is 84.0 Å². The SMILES string of the molecule is Cc1cc(OC(=O)[C@@H]2CC(=O)N([C@H](C)c3ccccc3)C2)ccc1N1C(=O)[C@@H]2C[C@H](Br)[C@@H](Br)C[C@H]2C1=O. The summed E-state index contributed by atoms with van der Waals surface area (Å²) in [5.74, 6) is -1.79. The quantitative estimate of drug-likeness (QED) is 0.202. The predicted molar refractivity (Wildman–Crippen MR) is 146 cm³/mol. The molecule has 3 amide bonds. The van der Waals surface area contributed by atoms with Crippen molar-refractivity contribution in [3.63, 3.8) is 0 Å². The fourth-order valence-corrected chi connectivity index (χ4v) is 6.89. The van der Waals surface area contributed by atoms with E-state index in [-0.39, 0.29) is 51.7 Å². The first-order valence-corrected chi connectivity index (χ1v) is 14.3. The molecule has 0 bridgehead atoms. The fourth-order valence-electron chi connectivity index (χ4n) is 5.65. The van der Waals surface area contributed by atoms with Crippen LogP contribution in [0, 0.1) is 24.7 Å². The van der Waals surface area contributed by atoms with Gasteiger partial charge in [0.25, 0.3) is 0 Å². The number of aryl methyl sites for hydroxylation is 1. The van der Waals surface area contributed by atoms with Crippen LogP contribution in [-0.2, 0) is 19.2 Å². The van der Waals surface area contributed by atoms with Gasteiger partial charge in [-0.15, -0.1) is 0 Å². The van der Waals surface area contributed by atoms with Gasteiger partial charge in [-0.3, -0.25) is 19.2 Å². The molecule has 9 heteroatoms. The highest BCUT2D eigenvalue weighted by Gasteiger charge is 2.52. The molecule has 6 atom stereocenters. The van der Waals surface area contributed by atoms with Crippen LogP contribution in [0.2, 0.25) is 0 Å². The molecule has 2 heterocycles. The number of nitrogens with zero attached hydrogens (tertiary/aromatic N) is 2. The lowest BCUT2D eigenvalue weighted by Crippen LogP contribution is -2.34. The van der Waals surface area contributed by atoms with Crippen molar-refractivity contribution >= 4 is 61.2 Å². The van der Waals surface area contributed by atoms with Crippen LogP contribution in [0.15, 0.2) is 48.5 Å². The number of ether oxygens (including phenoxy) is 1. The zero-order chi connectivity index (χ0) is 26.4. The Morgan fingerprint density at radius 3 is 2.19 bits per heavy atom. The van der Waals surface area contributed by atoms with Crippen LogP contribution in [0.1, 0.15) is 43.4 Å². The summed E-state index contributed by atoms with van der Waals surface area (Å²) >= 11 is 7.23. The summed E-state index contributed by atoms with van der Waals surface area (Å²) in [6, 6.07) is 14.5. The number of benzene rings is 2. The first-order valence-electron chi connectivity index (χ1n) is 12.5. The van der Waals surface area contributed by atoms with Crippen molar-refractivity contribution in [2.24, 2.45) is 17.8 Å². The molecule has 2 aromatic rings. The summed E-state index contributed by atoms with van der Waals surface area (Å²) in [6.07, 6.45) is 1.32. The van der Waals surface area contributed by atoms with Crippen molar-refractivity contribution in [2.45, 2.75) is 48.8 Å². The van der Waals surface area contributed by atoms with E-state index in [4.69, 9.17) is 4.74 Å². The largest absolute Gasteiger partial charge is 0.426 e. The van der Waals surface area contributed by atoms with Gasteiger partial charge in [-0.2, -0.15) is 0 Å². The van der Waals surface area contributed by atoms with Gasteiger partial charge in [0.1, 0.15) is 5.75 Å². The number of anilines is 1. The molecule has 5 rings (SSSR count). The van der Waals surface area contributed by atoms with Crippen molar-refractivity contribution in [1.82, 2.24) is 4.90 Å². The van der Waals surface area contributed by atoms with Crippen molar-refractivity contribution in [3.8, 4) is 5.75 Å². The van der Waals surface area contributed by atoms with Gasteiger partial charge in [-0.05, 0) is 56.0 Å². The molecule has 0 N–H and O–H groups in total. The molecule has 0 aromatic heterocycles. The van der Waals surface area contributed by atoms with E-state index >= 15 is 0 Å². The van der Waals surface area contributed by atoms with Crippen molar-refractivity contribution in [1.29, 1.82) is 0 Å². The van der Waals surface area contributed by atoms with E-state index in [2.05, 4.69) is 31.9 Å². The van der Waals surface area contributed by atoms with E-state index in [0.29, 0.717) is 36.4 Å². The minimum atomic E-state index is -0.557. The minimum absolute atomic E-state index is 0.0752. The zero-order valence-electron chi connectivity index (χ0n) is 20.6. The highest BCUT2D eigenvalue weighted by atomic mass is 79.9. The van der Waals surface area contributed by atoms with Gasteiger partial charge in [-0.1, -0.05) is 62.2 Å². The van der Waals surface area contributed by atoms with E-state index in [9.17, 15) is 19.2 Å². The summed E-state index contributed by atoms with van der Waals surface area (Å²) in [6.45, 7) is 4.04. The molecule has 2 aliphatic heterocycles. The van der Waals surface area contributed by atoms with Crippen LogP contribution in [0.25, 0.3) is 0 Å².